The van der Waals surface area contributed by atoms with Gasteiger partial charge in [0.25, 0.3) is 0 Å². The lowest BCUT2D eigenvalue weighted by Gasteiger charge is -2.07. The number of hydrogen-bond donors (Lipinski definition) is 2. The summed E-state index contributed by atoms with van der Waals surface area (Å²) in [5.74, 6) is 0.0608. The molecule has 1 rings (SSSR count). The lowest BCUT2D eigenvalue weighted by atomic mass is 10.3. The van der Waals surface area contributed by atoms with E-state index in [1.807, 2.05) is 0 Å². The molecule has 1 aromatic rings. The summed E-state index contributed by atoms with van der Waals surface area (Å²) in [6.07, 6.45) is 1.02. The molecule has 1 unspecified atom stereocenters. The lowest BCUT2D eigenvalue weighted by Crippen LogP contribution is -2.12. The van der Waals surface area contributed by atoms with Crippen molar-refractivity contribution in [3.63, 3.8) is 0 Å². The molecule has 0 radical (unpaired) electrons. The van der Waals surface area contributed by atoms with E-state index in [0.29, 0.717) is 13.0 Å². The first-order valence-electron chi connectivity index (χ1n) is 4.59. The first-order chi connectivity index (χ1) is 7.50. The summed E-state index contributed by atoms with van der Waals surface area (Å²) in [6, 6.07) is 0. The van der Waals surface area contributed by atoms with E-state index in [0.717, 1.165) is 6.20 Å². The van der Waals surface area contributed by atoms with Crippen LogP contribution in [-0.4, -0.2) is 32.6 Å². The van der Waals surface area contributed by atoms with Gasteiger partial charge in [-0.3, -0.25) is 10.1 Å². The van der Waals surface area contributed by atoms with Crippen LogP contribution in [0.25, 0.3) is 0 Å². The second-order valence-electron chi connectivity index (χ2n) is 3.19. The predicted octanol–water partition coefficient (Wildman–Crippen LogP) is 1.22. The molecule has 1 aromatic heterocycles. The van der Waals surface area contributed by atoms with Gasteiger partial charge in [0.1, 0.15) is 6.20 Å². The summed E-state index contributed by atoms with van der Waals surface area (Å²) in [6.45, 7) is 1.99. The molecular weight excluding hydrogens is 236 g/mol. The highest BCUT2D eigenvalue weighted by Crippen LogP contribution is 2.21. The Morgan fingerprint density at radius 1 is 1.75 bits per heavy atom. The molecule has 0 amide bonds. The summed E-state index contributed by atoms with van der Waals surface area (Å²) in [5, 5.41) is 22.3. The molecule has 2 N–H and O–H groups in total. The van der Waals surface area contributed by atoms with Crippen molar-refractivity contribution >= 4 is 23.1 Å². The van der Waals surface area contributed by atoms with Crippen LogP contribution < -0.4 is 5.32 Å². The first kappa shape index (κ1) is 12.6. The van der Waals surface area contributed by atoms with Gasteiger partial charge in [0.05, 0.1) is 11.0 Å². The fraction of sp³-hybridized carbons (Fsp3) is 0.500. The summed E-state index contributed by atoms with van der Waals surface area (Å²) in [7, 11) is 0. The van der Waals surface area contributed by atoms with Gasteiger partial charge in [-0.1, -0.05) is 0 Å². The standard InChI is InChI=1S/C8H11ClN4O3/c1-5(14)2-3-10-7-6(13(15)16)4-11-8(9)12-7/h4-5,14H,2-3H2,1H3,(H,10,11,12). The number of rotatable bonds is 5. The first-order valence-corrected chi connectivity index (χ1v) is 4.97. The number of aliphatic hydroxyl groups is 1. The zero-order valence-corrected chi connectivity index (χ0v) is 9.31. The molecule has 16 heavy (non-hydrogen) atoms. The normalized spacial score (nSPS) is 12.2. The number of nitro groups is 1. The van der Waals surface area contributed by atoms with E-state index in [2.05, 4.69) is 15.3 Å². The Morgan fingerprint density at radius 2 is 2.44 bits per heavy atom. The van der Waals surface area contributed by atoms with Gasteiger partial charge in [-0.2, -0.15) is 4.98 Å². The van der Waals surface area contributed by atoms with Crippen molar-refractivity contribution < 1.29 is 10.0 Å². The second kappa shape index (κ2) is 5.57. The van der Waals surface area contributed by atoms with Gasteiger partial charge in [-0.15, -0.1) is 0 Å². The molecule has 0 fully saturated rings. The fourth-order valence-corrected chi connectivity index (χ4v) is 1.15. The van der Waals surface area contributed by atoms with Gasteiger partial charge in [-0.25, -0.2) is 4.98 Å². The van der Waals surface area contributed by atoms with Crippen molar-refractivity contribution in [2.45, 2.75) is 19.4 Å². The maximum Gasteiger partial charge on any atom is 0.329 e. The Balaban J connectivity index is 2.76. The van der Waals surface area contributed by atoms with Crippen LogP contribution in [0.15, 0.2) is 6.20 Å². The summed E-state index contributed by atoms with van der Waals surface area (Å²) >= 11 is 5.53. The van der Waals surface area contributed by atoms with Crippen LogP contribution in [0.4, 0.5) is 11.5 Å². The maximum absolute atomic E-state index is 10.6. The largest absolute Gasteiger partial charge is 0.393 e. The quantitative estimate of drug-likeness (QED) is 0.460. The SMILES string of the molecule is CC(O)CCNc1nc(Cl)ncc1[N+](=O)[O-]. The van der Waals surface area contributed by atoms with Crippen molar-refractivity contribution in [1.82, 2.24) is 9.97 Å². The molecule has 0 saturated carbocycles. The summed E-state index contributed by atoms with van der Waals surface area (Å²) in [4.78, 5) is 17.3. The Morgan fingerprint density at radius 3 is 3.00 bits per heavy atom. The van der Waals surface area contributed by atoms with Crippen LogP contribution in [0, 0.1) is 10.1 Å². The zero-order chi connectivity index (χ0) is 12.1. The van der Waals surface area contributed by atoms with Crippen LogP contribution in [0.2, 0.25) is 5.28 Å². The molecule has 88 valence electrons. The molecule has 0 aliphatic heterocycles. The second-order valence-corrected chi connectivity index (χ2v) is 3.53. The van der Waals surface area contributed by atoms with Crippen molar-refractivity contribution in [3.05, 3.63) is 21.6 Å². The van der Waals surface area contributed by atoms with Gasteiger partial charge < -0.3 is 10.4 Å². The highest BCUT2D eigenvalue weighted by molar-refractivity contribution is 6.28. The van der Waals surface area contributed by atoms with Crippen LogP contribution in [0.1, 0.15) is 13.3 Å². The third-order valence-electron chi connectivity index (χ3n) is 1.79. The van der Waals surface area contributed by atoms with E-state index in [9.17, 15) is 10.1 Å². The van der Waals surface area contributed by atoms with Gasteiger partial charge in [0, 0.05) is 6.54 Å². The third kappa shape index (κ3) is 3.59. The fourth-order valence-electron chi connectivity index (χ4n) is 1.02. The van der Waals surface area contributed by atoms with Crippen LogP contribution in [0.3, 0.4) is 0 Å². The Kier molecular flexibility index (Phi) is 4.39. The van der Waals surface area contributed by atoms with Crippen LogP contribution in [0.5, 0.6) is 0 Å². The minimum atomic E-state index is -0.596. The highest BCUT2D eigenvalue weighted by atomic mass is 35.5. The average Bonchev–Trinajstić information content (AvgIpc) is 2.16. The highest BCUT2D eigenvalue weighted by Gasteiger charge is 2.16. The van der Waals surface area contributed by atoms with E-state index < -0.39 is 11.0 Å². The Bertz CT molecular complexity index is 386. The minimum Gasteiger partial charge on any atom is -0.393 e. The van der Waals surface area contributed by atoms with Crippen LogP contribution in [-0.2, 0) is 0 Å². The topological polar surface area (TPSA) is 101 Å². The average molecular weight is 247 g/mol. The van der Waals surface area contributed by atoms with E-state index in [-0.39, 0.29) is 16.8 Å². The molecule has 1 atom stereocenters. The molecule has 0 saturated heterocycles. The molecule has 0 aliphatic rings. The maximum atomic E-state index is 10.6. The number of aliphatic hydroxyl groups excluding tert-OH is 1. The summed E-state index contributed by atoms with van der Waals surface area (Å²) in [5.41, 5.74) is -0.241. The van der Waals surface area contributed by atoms with Gasteiger partial charge in [0.15, 0.2) is 0 Å². The van der Waals surface area contributed by atoms with Crippen molar-refractivity contribution in [2.75, 3.05) is 11.9 Å². The van der Waals surface area contributed by atoms with Gasteiger partial charge >= 0.3 is 5.69 Å². The molecule has 0 spiro atoms. The van der Waals surface area contributed by atoms with E-state index >= 15 is 0 Å². The zero-order valence-electron chi connectivity index (χ0n) is 8.55. The minimum absolute atomic E-state index is 0.0608. The van der Waals surface area contributed by atoms with Gasteiger partial charge in [0.2, 0.25) is 11.1 Å². The number of halogens is 1. The van der Waals surface area contributed by atoms with Crippen molar-refractivity contribution in [3.8, 4) is 0 Å². The number of aromatic nitrogens is 2. The Labute approximate surface area is 96.6 Å². The molecular formula is C8H11ClN4O3. The smallest absolute Gasteiger partial charge is 0.329 e. The van der Waals surface area contributed by atoms with Crippen molar-refractivity contribution in [2.24, 2.45) is 0 Å². The third-order valence-corrected chi connectivity index (χ3v) is 1.97. The van der Waals surface area contributed by atoms with E-state index in [1.54, 1.807) is 6.92 Å². The van der Waals surface area contributed by atoms with E-state index in [4.69, 9.17) is 16.7 Å². The van der Waals surface area contributed by atoms with Gasteiger partial charge in [-0.05, 0) is 24.9 Å². The lowest BCUT2D eigenvalue weighted by molar-refractivity contribution is -0.384. The molecule has 1 heterocycles. The van der Waals surface area contributed by atoms with Crippen LogP contribution >= 0.6 is 11.6 Å². The molecule has 8 heteroatoms. The molecule has 0 bridgehead atoms. The number of nitrogens with one attached hydrogen (secondary N) is 1. The predicted molar refractivity (Wildman–Crippen MR) is 58.5 cm³/mol. The van der Waals surface area contributed by atoms with Crippen molar-refractivity contribution in [1.29, 1.82) is 0 Å². The van der Waals surface area contributed by atoms with E-state index in [1.165, 1.54) is 0 Å². The molecule has 7 nitrogen and oxygen atoms in total. The number of nitrogens with zero attached hydrogens (tertiary/aromatic N) is 3. The Hall–Kier alpha value is -1.47. The monoisotopic (exact) mass is 246 g/mol. The number of anilines is 1. The molecule has 0 aliphatic carbocycles. The number of hydrogen-bond acceptors (Lipinski definition) is 6. The molecule has 0 aromatic carbocycles. The summed E-state index contributed by atoms with van der Waals surface area (Å²) < 4.78 is 0.